The second-order valence-corrected chi connectivity index (χ2v) is 8.18. The van der Waals surface area contributed by atoms with E-state index in [1.54, 1.807) is 43.5 Å². The van der Waals surface area contributed by atoms with Gasteiger partial charge in [-0.1, -0.05) is 24.3 Å². The molecule has 1 aliphatic carbocycles. The van der Waals surface area contributed by atoms with Crippen LogP contribution in [0.5, 0.6) is 0 Å². The highest BCUT2D eigenvalue weighted by atomic mass is 32.1. The van der Waals surface area contributed by atoms with Gasteiger partial charge in [0, 0.05) is 10.9 Å². The van der Waals surface area contributed by atoms with Gasteiger partial charge in [0.2, 0.25) is 5.91 Å². The van der Waals surface area contributed by atoms with Crippen molar-refractivity contribution in [3.63, 3.8) is 0 Å². The molecule has 1 heterocycles. The molecule has 0 unspecified atom stereocenters. The van der Waals surface area contributed by atoms with E-state index in [0.29, 0.717) is 17.5 Å². The van der Waals surface area contributed by atoms with Crippen molar-refractivity contribution in [2.45, 2.75) is 32.8 Å². The van der Waals surface area contributed by atoms with Crippen LogP contribution in [-0.2, 0) is 14.3 Å². The van der Waals surface area contributed by atoms with Crippen molar-refractivity contribution < 1.29 is 28.6 Å². The standard InChI is InChI=1S/C22H22FNO5S/c1-12(2)29-22(28)18-17(13-7-9-14(23)10-8-13)11-30-20(18)24-19(25)15-5-3-4-6-16(15)21(26)27/h3-4,7-12,15-16H,5-6H2,1-2H3,(H,24,25)(H,26,27)/t15-,16-/m1/s1. The number of carboxylic acid groups (broad SMARTS) is 1. The third kappa shape index (κ3) is 4.76. The van der Waals surface area contributed by atoms with Crippen molar-refractivity contribution in [2.24, 2.45) is 11.8 Å². The number of carbonyl (C=O) groups is 3. The van der Waals surface area contributed by atoms with Crippen LogP contribution in [0.3, 0.4) is 0 Å². The maximum Gasteiger partial charge on any atom is 0.342 e. The topological polar surface area (TPSA) is 92.7 Å². The van der Waals surface area contributed by atoms with Crippen molar-refractivity contribution in [3.05, 3.63) is 53.2 Å². The van der Waals surface area contributed by atoms with Gasteiger partial charge in [0.05, 0.1) is 17.9 Å². The predicted octanol–water partition coefficient (Wildman–Crippen LogP) is 4.72. The minimum atomic E-state index is -1.03. The van der Waals surface area contributed by atoms with Crippen LogP contribution >= 0.6 is 11.3 Å². The first-order valence-electron chi connectivity index (χ1n) is 9.55. The first kappa shape index (κ1) is 21.7. The number of ether oxygens (including phenoxy) is 1. The quantitative estimate of drug-likeness (QED) is 0.510. The Morgan fingerprint density at radius 3 is 2.37 bits per heavy atom. The zero-order valence-corrected chi connectivity index (χ0v) is 17.4. The molecule has 6 nitrogen and oxygen atoms in total. The fraction of sp³-hybridized carbons (Fsp3) is 0.318. The highest BCUT2D eigenvalue weighted by Crippen LogP contribution is 2.37. The second kappa shape index (κ2) is 9.21. The van der Waals surface area contributed by atoms with Crippen LogP contribution in [0.2, 0.25) is 0 Å². The van der Waals surface area contributed by atoms with Gasteiger partial charge in [-0.15, -0.1) is 11.3 Å². The van der Waals surface area contributed by atoms with E-state index in [2.05, 4.69) is 5.32 Å². The number of carboxylic acids is 1. The molecule has 8 heteroatoms. The average molecular weight is 431 g/mol. The molecule has 2 atom stereocenters. The average Bonchev–Trinajstić information content (AvgIpc) is 3.11. The van der Waals surface area contributed by atoms with Crippen LogP contribution in [0.25, 0.3) is 11.1 Å². The predicted molar refractivity (Wildman–Crippen MR) is 112 cm³/mol. The molecule has 1 aromatic heterocycles. The summed E-state index contributed by atoms with van der Waals surface area (Å²) in [5, 5.41) is 14.1. The lowest BCUT2D eigenvalue weighted by atomic mass is 9.82. The Morgan fingerprint density at radius 2 is 1.77 bits per heavy atom. The summed E-state index contributed by atoms with van der Waals surface area (Å²) in [5.74, 6) is -4.07. The number of hydrogen-bond donors (Lipinski definition) is 2. The molecule has 1 aliphatic rings. The number of nitrogens with one attached hydrogen (secondary N) is 1. The Morgan fingerprint density at radius 1 is 1.13 bits per heavy atom. The third-order valence-electron chi connectivity index (χ3n) is 4.82. The number of esters is 1. The molecule has 0 saturated heterocycles. The molecule has 1 amide bonds. The summed E-state index contributed by atoms with van der Waals surface area (Å²) in [7, 11) is 0. The van der Waals surface area contributed by atoms with Gasteiger partial charge < -0.3 is 15.2 Å². The number of anilines is 1. The highest BCUT2D eigenvalue weighted by Gasteiger charge is 2.35. The van der Waals surface area contributed by atoms with Gasteiger partial charge in [-0.2, -0.15) is 0 Å². The van der Waals surface area contributed by atoms with Crippen molar-refractivity contribution in [1.82, 2.24) is 0 Å². The van der Waals surface area contributed by atoms with E-state index in [1.165, 1.54) is 12.1 Å². The van der Waals surface area contributed by atoms with E-state index < -0.39 is 35.5 Å². The lowest BCUT2D eigenvalue weighted by molar-refractivity contribution is -0.146. The Labute approximate surface area is 177 Å². The number of rotatable bonds is 6. The van der Waals surface area contributed by atoms with Gasteiger partial charge in [0.15, 0.2) is 0 Å². The summed E-state index contributed by atoms with van der Waals surface area (Å²) in [5.41, 5.74) is 1.29. The minimum Gasteiger partial charge on any atom is -0.481 e. The Balaban J connectivity index is 1.95. The monoisotopic (exact) mass is 431 g/mol. The van der Waals surface area contributed by atoms with Crippen molar-refractivity contribution in [1.29, 1.82) is 0 Å². The minimum absolute atomic E-state index is 0.173. The van der Waals surface area contributed by atoms with Crippen LogP contribution in [-0.4, -0.2) is 29.1 Å². The molecule has 0 saturated carbocycles. The van der Waals surface area contributed by atoms with Gasteiger partial charge in [0.25, 0.3) is 0 Å². The van der Waals surface area contributed by atoms with Gasteiger partial charge >= 0.3 is 11.9 Å². The molecule has 3 rings (SSSR count). The summed E-state index contributed by atoms with van der Waals surface area (Å²) in [6.45, 7) is 3.43. The van der Waals surface area contributed by atoms with E-state index >= 15 is 0 Å². The summed E-state index contributed by atoms with van der Waals surface area (Å²) in [6.07, 6.45) is 3.76. The summed E-state index contributed by atoms with van der Waals surface area (Å²) < 4.78 is 18.7. The zero-order chi connectivity index (χ0) is 21.8. The van der Waals surface area contributed by atoms with Gasteiger partial charge in [-0.05, 0) is 44.4 Å². The fourth-order valence-electron chi connectivity index (χ4n) is 3.35. The van der Waals surface area contributed by atoms with E-state index in [0.717, 1.165) is 11.3 Å². The Kier molecular flexibility index (Phi) is 6.66. The second-order valence-electron chi connectivity index (χ2n) is 7.30. The molecule has 0 radical (unpaired) electrons. The van der Waals surface area contributed by atoms with Gasteiger partial charge in [-0.3, -0.25) is 9.59 Å². The maximum atomic E-state index is 13.3. The van der Waals surface area contributed by atoms with Gasteiger partial charge in [-0.25, -0.2) is 9.18 Å². The number of hydrogen-bond acceptors (Lipinski definition) is 5. The molecule has 0 bridgehead atoms. The number of benzene rings is 1. The van der Waals surface area contributed by atoms with E-state index in [1.807, 2.05) is 0 Å². The molecule has 0 aliphatic heterocycles. The summed E-state index contributed by atoms with van der Waals surface area (Å²) in [6, 6.07) is 5.66. The highest BCUT2D eigenvalue weighted by molar-refractivity contribution is 7.15. The van der Waals surface area contributed by atoms with E-state index in [-0.39, 0.29) is 23.1 Å². The SMILES string of the molecule is CC(C)OC(=O)c1c(-c2ccc(F)cc2)csc1NC(=O)[C@@H]1CC=CC[C@H]1C(=O)O. The fourth-order valence-corrected chi connectivity index (χ4v) is 4.31. The number of aliphatic carboxylic acids is 1. The summed E-state index contributed by atoms with van der Waals surface area (Å²) >= 11 is 1.14. The molecule has 2 N–H and O–H groups in total. The zero-order valence-electron chi connectivity index (χ0n) is 16.6. The molecular weight excluding hydrogens is 409 g/mol. The molecule has 0 fully saturated rings. The van der Waals surface area contributed by atoms with E-state index in [4.69, 9.17) is 4.74 Å². The summed E-state index contributed by atoms with van der Waals surface area (Å²) in [4.78, 5) is 37.2. The van der Waals surface area contributed by atoms with Crippen LogP contribution in [0.1, 0.15) is 37.0 Å². The normalized spacial score (nSPS) is 18.3. The number of allylic oxidation sites excluding steroid dienone is 2. The van der Waals surface area contributed by atoms with Crippen molar-refractivity contribution in [2.75, 3.05) is 5.32 Å². The Bertz CT molecular complexity index is 980. The molecule has 158 valence electrons. The van der Waals surface area contributed by atoms with Crippen LogP contribution in [0.4, 0.5) is 9.39 Å². The Hall–Kier alpha value is -3.00. The first-order chi connectivity index (χ1) is 14.3. The molecule has 1 aromatic carbocycles. The number of halogens is 1. The molecule has 2 aromatic rings. The molecule has 30 heavy (non-hydrogen) atoms. The van der Waals surface area contributed by atoms with Crippen LogP contribution < -0.4 is 5.32 Å². The van der Waals surface area contributed by atoms with Crippen molar-refractivity contribution >= 4 is 34.2 Å². The molecular formula is C22H22FNO5S. The number of amides is 1. The smallest absolute Gasteiger partial charge is 0.342 e. The third-order valence-corrected chi connectivity index (χ3v) is 5.71. The lowest BCUT2D eigenvalue weighted by Crippen LogP contribution is -2.34. The largest absolute Gasteiger partial charge is 0.481 e. The molecule has 0 spiro atoms. The van der Waals surface area contributed by atoms with Crippen molar-refractivity contribution in [3.8, 4) is 11.1 Å². The number of carbonyl (C=O) groups excluding carboxylic acids is 2. The first-order valence-corrected chi connectivity index (χ1v) is 10.4. The lowest BCUT2D eigenvalue weighted by Gasteiger charge is -2.24. The van der Waals surface area contributed by atoms with Crippen LogP contribution in [0.15, 0.2) is 41.8 Å². The maximum absolute atomic E-state index is 13.3. The van der Waals surface area contributed by atoms with E-state index in [9.17, 15) is 23.9 Å². The van der Waals surface area contributed by atoms with Gasteiger partial charge in [0.1, 0.15) is 16.4 Å². The number of thiophene rings is 1. The van der Waals surface area contributed by atoms with Crippen LogP contribution in [0, 0.1) is 17.7 Å².